The van der Waals surface area contributed by atoms with Gasteiger partial charge in [0.05, 0.1) is 21.9 Å². The SMILES string of the molecule is C=C(C)C(=O)OC(C)(C)C(=O)OC1C2CC3C1OS(=O)(=O)C3C2.C=C(C)C(=O)OC(C)C(=O)OC1C2CC3C(O2)C1OS3(=O)=O.C=C(C)C(=O)OC1(C(C)(C)C)CCCC1.C=C(C)C(=O)OC1C2CC3C1OS(=O)(=O)C3C2.C=C(C)C(=O)OCC(=O)OC1C2CC3C1OS(=O)(=O)C3C2. The molecular formula is C65H88O29S4. The predicted octanol–water partition coefficient (Wildman–Crippen LogP) is 4.84. The van der Waals surface area contributed by atoms with Crippen molar-refractivity contribution in [2.24, 2.45) is 40.9 Å². The lowest BCUT2D eigenvalue weighted by Crippen LogP contribution is -2.45. The number of hydrogen-bond donors (Lipinski definition) is 0. The third-order valence-corrected chi connectivity index (χ3v) is 27.6. The second kappa shape index (κ2) is 27.8. The monoisotopic (exact) mass is 1460 g/mol. The molecule has 0 aromatic rings. The molecule has 13 fully saturated rings. The van der Waals surface area contributed by atoms with Crippen molar-refractivity contribution in [2.45, 2.75) is 246 Å². The molecule has 33 heteroatoms. The molecule has 8 bridgehead atoms. The van der Waals surface area contributed by atoms with Gasteiger partial charge in [-0.3, -0.25) is 16.7 Å². The van der Waals surface area contributed by atoms with E-state index in [1.165, 1.54) is 41.5 Å². The minimum absolute atomic E-state index is 0.00284. The largest absolute Gasteiger partial charge is 0.457 e. The summed E-state index contributed by atoms with van der Waals surface area (Å²) < 4.78 is 162. The van der Waals surface area contributed by atoms with Crippen molar-refractivity contribution in [3.63, 3.8) is 0 Å². The van der Waals surface area contributed by atoms with E-state index in [9.17, 15) is 72.0 Å². The highest BCUT2D eigenvalue weighted by atomic mass is 32.2. The Morgan fingerprint density at radius 3 is 1.31 bits per heavy atom. The molecule has 0 spiro atoms. The summed E-state index contributed by atoms with van der Waals surface area (Å²) in [5.74, 6) is -5.04. The van der Waals surface area contributed by atoms with E-state index in [1.807, 2.05) is 0 Å². The van der Waals surface area contributed by atoms with Crippen molar-refractivity contribution in [3.05, 3.63) is 60.8 Å². The quantitative estimate of drug-likeness (QED) is 0.0863. The van der Waals surface area contributed by atoms with E-state index in [2.05, 4.69) is 53.7 Å². The van der Waals surface area contributed by atoms with Gasteiger partial charge in [-0.1, -0.05) is 53.7 Å². The van der Waals surface area contributed by atoms with Gasteiger partial charge in [-0.05, 0) is 126 Å². The van der Waals surface area contributed by atoms with Gasteiger partial charge in [0.2, 0.25) is 5.60 Å². The van der Waals surface area contributed by atoms with Crippen LogP contribution in [0.15, 0.2) is 60.8 Å². The fourth-order valence-corrected chi connectivity index (χ4v) is 22.8. The summed E-state index contributed by atoms with van der Waals surface area (Å²) in [6, 6.07) is 0. The van der Waals surface area contributed by atoms with Gasteiger partial charge in [0.15, 0.2) is 18.8 Å². The Balaban J connectivity index is 0.000000144. The number of carbonyl (C=O) groups excluding carboxylic acids is 8. The lowest BCUT2D eigenvalue weighted by molar-refractivity contribution is -0.184. The van der Waals surface area contributed by atoms with Crippen LogP contribution in [0.4, 0.5) is 0 Å². The number of hydrogen-bond acceptors (Lipinski definition) is 29. The second-order valence-electron chi connectivity index (χ2n) is 29.3. The first-order chi connectivity index (χ1) is 45.2. The van der Waals surface area contributed by atoms with Gasteiger partial charge < -0.3 is 42.6 Å². The molecule has 98 heavy (non-hydrogen) atoms. The molecule has 0 radical (unpaired) electrons. The molecule has 21 unspecified atom stereocenters. The third kappa shape index (κ3) is 15.2. The topological polar surface area (TPSA) is 393 Å². The van der Waals surface area contributed by atoms with Crippen molar-refractivity contribution in [1.29, 1.82) is 0 Å². The minimum atomic E-state index is -3.66. The molecule has 7 aliphatic carbocycles. The molecule has 6 saturated heterocycles. The first kappa shape index (κ1) is 76.2. The Labute approximate surface area is 571 Å². The second-order valence-corrected chi connectivity index (χ2v) is 36.4. The number of rotatable bonds is 16. The van der Waals surface area contributed by atoms with Crippen LogP contribution in [0.25, 0.3) is 0 Å². The molecule has 13 aliphatic rings. The molecule has 0 N–H and O–H groups in total. The maximum Gasteiger partial charge on any atom is 0.350 e. The van der Waals surface area contributed by atoms with Crippen LogP contribution in [0.3, 0.4) is 0 Å². The minimum Gasteiger partial charge on any atom is -0.457 e. The van der Waals surface area contributed by atoms with Crippen molar-refractivity contribution >= 4 is 88.2 Å². The van der Waals surface area contributed by atoms with Crippen LogP contribution in [-0.2, 0) is 138 Å². The standard InChI is InChI=1S/C15H20O7S.C13H16O8S.C13H16O7S.C13H22O2.C11H14O5S/c1-7(2)13(16)21-15(3,4)14(17)20-11-8-5-9-10(6-8)23(18,19)22-12(9)11;1-5(2)12(14)18-6(3)13(15)20-9-7-4-8-10(19-7)11(9)21-22(8,16)17;1-6(2)13(15)18-5-10(14)19-11-7-3-8-9(4-7)21(16,17)20-12(8)11;1-10(2)11(14)15-13(12(3,4)5)8-6-7-9-13;1-5(2)11(12)15-9-6-3-7-8(4-6)17(13,14)16-10(7)9/h8-12H,1,5-6H2,2-4H3;6-11H,1,4H2,2-3H3;7-9,11-12H,1,3-5H2,2H3;1,6-9H2,2-5H3;6-10H,1,3-4H2,2H3. The normalized spacial score (nSPS) is 36.3. The maximum absolute atomic E-state index is 12.4. The van der Waals surface area contributed by atoms with Crippen molar-refractivity contribution in [2.75, 3.05) is 6.61 Å². The fourth-order valence-electron chi connectivity index (χ4n) is 15.5. The number of ether oxygens (including phenoxy) is 9. The van der Waals surface area contributed by atoms with Gasteiger partial charge in [-0.2, -0.15) is 33.7 Å². The van der Waals surface area contributed by atoms with Gasteiger partial charge in [0.25, 0.3) is 40.5 Å². The van der Waals surface area contributed by atoms with E-state index in [0.717, 1.165) is 32.1 Å². The van der Waals surface area contributed by atoms with E-state index >= 15 is 0 Å². The van der Waals surface area contributed by atoms with Crippen LogP contribution in [0, 0.1) is 40.9 Å². The van der Waals surface area contributed by atoms with E-state index in [0.29, 0.717) is 43.3 Å². The van der Waals surface area contributed by atoms with Gasteiger partial charge in [0.1, 0.15) is 59.7 Å². The maximum atomic E-state index is 12.4. The van der Waals surface area contributed by atoms with Crippen molar-refractivity contribution < 1.29 is 131 Å². The lowest BCUT2D eigenvalue weighted by Gasteiger charge is -2.41. The van der Waals surface area contributed by atoms with Crippen LogP contribution in [0.5, 0.6) is 0 Å². The van der Waals surface area contributed by atoms with Gasteiger partial charge in [-0.15, -0.1) is 0 Å². The molecule has 0 aromatic heterocycles. The lowest BCUT2D eigenvalue weighted by atomic mass is 9.75. The first-order valence-corrected chi connectivity index (χ1v) is 38.4. The molecule has 6 heterocycles. The van der Waals surface area contributed by atoms with Crippen molar-refractivity contribution in [3.8, 4) is 0 Å². The highest BCUT2D eigenvalue weighted by molar-refractivity contribution is 7.88. The summed E-state index contributed by atoms with van der Waals surface area (Å²) >= 11 is 0. The van der Waals surface area contributed by atoms with Gasteiger partial charge in [0, 0.05) is 68.8 Å². The summed E-state index contributed by atoms with van der Waals surface area (Å²) in [5, 5.41) is -1.99. The number of carbonyl (C=O) groups is 8. The zero-order valence-electron chi connectivity index (χ0n) is 56.6. The molecule has 13 rings (SSSR count). The Kier molecular flexibility index (Phi) is 21.6. The zero-order valence-corrected chi connectivity index (χ0v) is 59.9. The van der Waals surface area contributed by atoms with E-state index in [4.69, 9.17) is 59.4 Å². The van der Waals surface area contributed by atoms with Crippen LogP contribution < -0.4 is 0 Å². The fraction of sp³-hybridized carbons (Fsp3) is 0.723. The molecule has 0 aromatic carbocycles. The molecule has 546 valence electrons. The Bertz CT molecular complexity index is 3800. The molecule has 6 aliphatic heterocycles. The number of esters is 8. The van der Waals surface area contributed by atoms with E-state index < -0.39 is 177 Å². The summed E-state index contributed by atoms with van der Waals surface area (Å²) in [5.41, 5.74) is -0.395. The zero-order chi connectivity index (χ0) is 72.8. The summed E-state index contributed by atoms with van der Waals surface area (Å²) in [6.45, 7) is 35.3. The van der Waals surface area contributed by atoms with Crippen LogP contribution in [0.1, 0.15) is 147 Å². The molecule has 29 nitrogen and oxygen atoms in total. The van der Waals surface area contributed by atoms with Crippen LogP contribution in [-0.4, -0.2) is 187 Å². The molecular weight excluding hydrogens is 1370 g/mol. The predicted molar refractivity (Wildman–Crippen MR) is 339 cm³/mol. The summed E-state index contributed by atoms with van der Waals surface area (Å²) in [6.07, 6.45) is 1.01. The highest BCUT2D eigenvalue weighted by Gasteiger charge is 2.70. The molecule has 21 atom stereocenters. The summed E-state index contributed by atoms with van der Waals surface area (Å²) in [7, 11) is -14.2. The highest BCUT2D eigenvalue weighted by Crippen LogP contribution is 2.58. The number of fused-ring (bicyclic) bond motifs is 4. The Morgan fingerprint density at radius 1 is 0.469 bits per heavy atom. The molecule has 7 saturated carbocycles. The first-order valence-electron chi connectivity index (χ1n) is 32.5. The third-order valence-electron chi connectivity index (χ3n) is 20.6. The Morgan fingerprint density at radius 2 is 0.878 bits per heavy atom. The average Bonchev–Trinajstić information content (AvgIpc) is 1.58. The van der Waals surface area contributed by atoms with E-state index in [-0.39, 0.29) is 80.9 Å². The van der Waals surface area contributed by atoms with Crippen molar-refractivity contribution in [1.82, 2.24) is 0 Å². The van der Waals surface area contributed by atoms with Gasteiger partial charge >= 0.3 is 47.8 Å². The Hall–Kier alpha value is -5.94. The van der Waals surface area contributed by atoms with E-state index in [1.54, 1.807) is 13.8 Å². The van der Waals surface area contributed by atoms with Crippen LogP contribution in [0.2, 0.25) is 0 Å². The molecule has 0 amide bonds. The summed E-state index contributed by atoms with van der Waals surface area (Å²) in [4.78, 5) is 93.3. The smallest absolute Gasteiger partial charge is 0.350 e. The van der Waals surface area contributed by atoms with Gasteiger partial charge in [-0.25, -0.2) is 38.4 Å². The van der Waals surface area contributed by atoms with Crippen LogP contribution >= 0.6 is 0 Å². The average molecular weight is 1460 g/mol.